The van der Waals surface area contributed by atoms with E-state index in [0.29, 0.717) is 5.82 Å². The molecule has 0 radical (unpaired) electrons. The Kier molecular flexibility index (Phi) is 4.29. The lowest BCUT2D eigenvalue weighted by molar-refractivity contribution is 0.0675. The van der Waals surface area contributed by atoms with E-state index in [9.17, 15) is 0 Å². The molecule has 0 aromatic carbocycles. The Balaban J connectivity index is 2.50. The van der Waals surface area contributed by atoms with Gasteiger partial charge in [-0.1, -0.05) is 0 Å². The number of nitrogen functional groups attached to an aromatic ring is 1. The van der Waals surface area contributed by atoms with E-state index in [2.05, 4.69) is 20.9 Å². The van der Waals surface area contributed by atoms with Crippen LogP contribution in [0, 0.1) is 3.70 Å². The number of anilines is 2. The first-order chi connectivity index (χ1) is 6.58. The summed E-state index contributed by atoms with van der Waals surface area (Å²) in [5, 5.41) is 0. The van der Waals surface area contributed by atoms with Crippen molar-refractivity contribution in [1.82, 2.24) is 15.4 Å². The quantitative estimate of drug-likeness (QED) is 0.436. The molecule has 14 heavy (non-hydrogen) atoms. The highest BCUT2D eigenvalue weighted by molar-refractivity contribution is 14.1. The highest BCUT2D eigenvalue weighted by Crippen LogP contribution is 2.09. The first-order valence-electron chi connectivity index (χ1n) is 4.05. The molecular formula is C7H12IN5O. The van der Waals surface area contributed by atoms with Crippen LogP contribution in [0.5, 0.6) is 0 Å². The first-order valence-corrected chi connectivity index (χ1v) is 5.13. The largest absolute Gasteiger partial charge is 0.368 e. The second-order valence-corrected chi connectivity index (χ2v) is 4.02. The molecule has 0 bridgehead atoms. The summed E-state index contributed by atoms with van der Waals surface area (Å²) in [6.07, 6.45) is 0. The molecular weight excluding hydrogens is 297 g/mol. The molecule has 1 aromatic rings. The number of hydroxylamine groups is 1. The Bertz CT molecular complexity index is 286. The van der Waals surface area contributed by atoms with E-state index in [1.807, 2.05) is 36.4 Å². The van der Waals surface area contributed by atoms with Gasteiger partial charge in [0, 0.05) is 12.1 Å². The molecule has 0 aliphatic carbocycles. The zero-order chi connectivity index (χ0) is 10.6. The van der Waals surface area contributed by atoms with Gasteiger partial charge in [0.2, 0.25) is 5.95 Å². The molecule has 0 spiro atoms. The molecule has 78 valence electrons. The second kappa shape index (κ2) is 5.27. The van der Waals surface area contributed by atoms with Gasteiger partial charge in [0.05, 0.1) is 0 Å². The molecule has 0 amide bonds. The molecule has 0 unspecified atom stereocenters. The summed E-state index contributed by atoms with van der Waals surface area (Å²) < 4.78 is 0.755. The Labute approximate surface area is 95.7 Å². The molecule has 0 saturated carbocycles. The number of halogens is 1. The lowest BCUT2D eigenvalue weighted by Gasteiger charge is -2.09. The van der Waals surface area contributed by atoms with E-state index in [0.717, 1.165) is 3.70 Å². The van der Waals surface area contributed by atoms with Crippen molar-refractivity contribution < 1.29 is 4.94 Å². The first kappa shape index (κ1) is 11.4. The number of hydrogen-bond donors (Lipinski definition) is 3. The number of nitrogens with zero attached hydrogens (tertiary/aromatic N) is 2. The van der Waals surface area contributed by atoms with Crippen LogP contribution in [0.2, 0.25) is 0 Å². The summed E-state index contributed by atoms with van der Waals surface area (Å²) in [5.41, 5.74) is 10.8. The standard InChI is InChI=1S/C7H12IN5O/c1-4(2)12-14-13-6-3-5(8)10-7(9)11-6/h3-4,12H,1-2H3,(H3,9,10,11,13). The molecule has 0 atom stereocenters. The Morgan fingerprint density at radius 3 is 2.79 bits per heavy atom. The molecule has 6 nitrogen and oxygen atoms in total. The lowest BCUT2D eigenvalue weighted by atomic mass is 10.4. The van der Waals surface area contributed by atoms with Crippen LogP contribution in [0.15, 0.2) is 6.07 Å². The van der Waals surface area contributed by atoms with Gasteiger partial charge in [-0.25, -0.2) is 10.5 Å². The Morgan fingerprint density at radius 2 is 2.21 bits per heavy atom. The van der Waals surface area contributed by atoms with Gasteiger partial charge in [-0.15, -0.1) is 0 Å². The lowest BCUT2D eigenvalue weighted by Crippen LogP contribution is -2.26. The van der Waals surface area contributed by atoms with Crippen LogP contribution in [0.3, 0.4) is 0 Å². The van der Waals surface area contributed by atoms with Crippen LogP contribution in [0.4, 0.5) is 11.8 Å². The molecule has 7 heteroatoms. The number of nitrogens with one attached hydrogen (secondary N) is 2. The van der Waals surface area contributed by atoms with Crippen molar-refractivity contribution in [2.45, 2.75) is 19.9 Å². The second-order valence-electron chi connectivity index (χ2n) is 2.91. The van der Waals surface area contributed by atoms with Crippen LogP contribution >= 0.6 is 22.6 Å². The maximum Gasteiger partial charge on any atom is 0.223 e. The molecule has 0 fully saturated rings. The van der Waals surface area contributed by atoms with Crippen LogP contribution < -0.4 is 16.7 Å². The van der Waals surface area contributed by atoms with Gasteiger partial charge in [-0.2, -0.15) is 15.4 Å². The summed E-state index contributed by atoms with van der Waals surface area (Å²) in [4.78, 5) is 12.8. The van der Waals surface area contributed by atoms with Crippen LogP contribution in [-0.2, 0) is 4.94 Å². The van der Waals surface area contributed by atoms with Gasteiger partial charge >= 0.3 is 0 Å². The number of hydrogen-bond acceptors (Lipinski definition) is 6. The Morgan fingerprint density at radius 1 is 1.50 bits per heavy atom. The monoisotopic (exact) mass is 309 g/mol. The van der Waals surface area contributed by atoms with Gasteiger partial charge in [-0.3, -0.25) is 0 Å². The van der Waals surface area contributed by atoms with Crippen LogP contribution in [-0.4, -0.2) is 16.0 Å². The summed E-state index contributed by atoms with van der Waals surface area (Å²) in [6.45, 7) is 3.92. The third-order valence-corrected chi connectivity index (χ3v) is 1.72. The maximum atomic E-state index is 5.45. The van der Waals surface area contributed by atoms with Crippen LogP contribution in [0.25, 0.3) is 0 Å². The number of nitrogens with two attached hydrogens (primary N) is 1. The maximum absolute atomic E-state index is 5.45. The SMILES string of the molecule is CC(C)NONc1cc(I)nc(N)n1. The van der Waals surface area contributed by atoms with E-state index in [4.69, 9.17) is 10.7 Å². The highest BCUT2D eigenvalue weighted by Gasteiger charge is 1.99. The minimum atomic E-state index is 0.215. The van der Waals surface area contributed by atoms with E-state index in [-0.39, 0.29) is 12.0 Å². The van der Waals surface area contributed by atoms with E-state index in [1.54, 1.807) is 6.07 Å². The smallest absolute Gasteiger partial charge is 0.223 e. The average molecular weight is 309 g/mol. The van der Waals surface area contributed by atoms with Gasteiger partial charge in [0.15, 0.2) is 5.82 Å². The van der Waals surface area contributed by atoms with E-state index in [1.165, 1.54) is 0 Å². The fourth-order valence-electron chi connectivity index (χ4n) is 0.687. The molecule has 1 heterocycles. The number of rotatable bonds is 4. The Hall–Kier alpha value is -0.670. The fraction of sp³-hybridized carbons (Fsp3) is 0.429. The van der Waals surface area contributed by atoms with Crippen molar-refractivity contribution in [2.75, 3.05) is 11.2 Å². The van der Waals surface area contributed by atoms with Gasteiger partial charge in [0.25, 0.3) is 0 Å². The van der Waals surface area contributed by atoms with Crippen molar-refractivity contribution in [2.24, 2.45) is 0 Å². The number of aromatic nitrogens is 2. The van der Waals surface area contributed by atoms with E-state index < -0.39 is 0 Å². The normalized spacial score (nSPS) is 10.6. The average Bonchev–Trinajstić information content (AvgIpc) is 2.01. The minimum absolute atomic E-state index is 0.215. The van der Waals surface area contributed by atoms with Crippen molar-refractivity contribution in [3.8, 4) is 0 Å². The third kappa shape index (κ3) is 4.03. The molecule has 1 aromatic heterocycles. The molecule has 0 aliphatic heterocycles. The molecule has 0 aliphatic rings. The van der Waals surface area contributed by atoms with Crippen molar-refractivity contribution >= 4 is 34.4 Å². The summed E-state index contributed by atoms with van der Waals surface area (Å²) in [7, 11) is 0. The highest BCUT2D eigenvalue weighted by atomic mass is 127. The van der Waals surface area contributed by atoms with E-state index >= 15 is 0 Å². The van der Waals surface area contributed by atoms with Crippen molar-refractivity contribution in [3.05, 3.63) is 9.77 Å². The zero-order valence-corrected chi connectivity index (χ0v) is 10.1. The van der Waals surface area contributed by atoms with Gasteiger partial charge in [0.1, 0.15) is 3.70 Å². The fourth-order valence-corrected chi connectivity index (χ4v) is 1.23. The topological polar surface area (TPSA) is 85.1 Å². The van der Waals surface area contributed by atoms with Gasteiger partial charge in [-0.05, 0) is 36.4 Å². The van der Waals surface area contributed by atoms with Crippen LogP contribution in [0.1, 0.15) is 13.8 Å². The predicted molar refractivity (Wildman–Crippen MR) is 62.1 cm³/mol. The minimum Gasteiger partial charge on any atom is -0.368 e. The van der Waals surface area contributed by atoms with Gasteiger partial charge < -0.3 is 5.73 Å². The third-order valence-electron chi connectivity index (χ3n) is 1.16. The molecule has 4 N–H and O–H groups in total. The summed E-state index contributed by atoms with van der Waals surface area (Å²) in [6, 6.07) is 1.94. The van der Waals surface area contributed by atoms with Crippen molar-refractivity contribution in [1.29, 1.82) is 0 Å². The summed E-state index contributed by atoms with van der Waals surface area (Å²) >= 11 is 2.05. The predicted octanol–water partition coefficient (Wildman–Crippen LogP) is 0.920. The molecule has 0 saturated heterocycles. The van der Waals surface area contributed by atoms with Crippen molar-refractivity contribution in [3.63, 3.8) is 0 Å². The zero-order valence-electron chi connectivity index (χ0n) is 7.91. The molecule has 1 rings (SSSR count). The summed E-state index contributed by atoms with van der Waals surface area (Å²) in [5.74, 6) is 0.739.